The van der Waals surface area contributed by atoms with Crippen LogP contribution in [0.25, 0.3) is 0 Å². The second kappa shape index (κ2) is 7.41. The number of carbonyl (C=O) groups is 1. The number of rotatable bonds is 3. The van der Waals surface area contributed by atoms with E-state index in [0.29, 0.717) is 27.2 Å². The minimum atomic E-state index is -0.259. The molecular formula is C18H19Cl2N3O. The topological polar surface area (TPSA) is 45.2 Å². The van der Waals surface area contributed by atoms with Gasteiger partial charge in [0.15, 0.2) is 0 Å². The molecule has 1 aliphatic rings. The largest absolute Gasteiger partial charge is 0.356 e. The molecule has 1 unspecified atom stereocenters. The van der Waals surface area contributed by atoms with Crippen LogP contribution in [0.4, 0.5) is 11.5 Å². The summed E-state index contributed by atoms with van der Waals surface area (Å²) in [4.78, 5) is 19.1. The van der Waals surface area contributed by atoms with E-state index in [4.69, 9.17) is 23.2 Å². The first-order chi connectivity index (χ1) is 11.5. The molecule has 0 radical (unpaired) electrons. The van der Waals surface area contributed by atoms with E-state index in [9.17, 15) is 4.79 Å². The molecule has 1 amide bonds. The summed E-state index contributed by atoms with van der Waals surface area (Å²) in [6.45, 7) is 4.28. The molecule has 2 aromatic rings. The van der Waals surface area contributed by atoms with Gasteiger partial charge in [0.25, 0.3) is 5.91 Å². The fourth-order valence-electron chi connectivity index (χ4n) is 2.90. The zero-order chi connectivity index (χ0) is 17.1. The maximum absolute atomic E-state index is 12.4. The second-order valence-corrected chi connectivity index (χ2v) is 6.94. The lowest BCUT2D eigenvalue weighted by molar-refractivity contribution is 0.102. The smallest absolute Gasteiger partial charge is 0.257 e. The first-order valence-corrected chi connectivity index (χ1v) is 8.76. The number of nitrogens with zero attached hydrogens (tertiary/aromatic N) is 2. The number of anilines is 2. The molecule has 6 heteroatoms. The SMILES string of the molecule is CC1CCCN(c2ccc(C(=O)Nc3cccc(Cl)c3Cl)cn2)C1. The average molecular weight is 364 g/mol. The number of halogens is 2. The number of hydrogen-bond acceptors (Lipinski definition) is 3. The van der Waals surface area contributed by atoms with Crippen LogP contribution in [-0.2, 0) is 0 Å². The minimum Gasteiger partial charge on any atom is -0.356 e. The second-order valence-electron chi connectivity index (χ2n) is 6.15. The fourth-order valence-corrected chi connectivity index (χ4v) is 3.25. The van der Waals surface area contributed by atoms with Gasteiger partial charge < -0.3 is 10.2 Å². The van der Waals surface area contributed by atoms with Crippen LogP contribution < -0.4 is 10.2 Å². The van der Waals surface area contributed by atoms with Gasteiger partial charge in [0.2, 0.25) is 0 Å². The number of piperidine rings is 1. The van der Waals surface area contributed by atoms with Crippen LogP contribution in [0.3, 0.4) is 0 Å². The molecule has 2 heterocycles. The first kappa shape index (κ1) is 17.1. The van der Waals surface area contributed by atoms with Crippen LogP contribution in [0.5, 0.6) is 0 Å². The monoisotopic (exact) mass is 363 g/mol. The van der Waals surface area contributed by atoms with Crippen LogP contribution >= 0.6 is 23.2 Å². The fraction of sp³-hybridized carbons (Fsp3) is 0.333. The van der Waals surface area contributed by atoms with E-state index in [1.165, 1.54) is 12.8 Å². The van der Waals surface area contributed by atoms with Gasteiger partial charge in [0.05, 0.1) is 21.3 Å². The van der Waals surface area contributed by atoms with Crippen LogP contribution in [0.2, 0.25) is 10.0 Å². The molecule has 126 valence electrons. The Morgan fingerprint density at radius 2 is 2.12 bits per heavy atom. The van der Waals surface area contributed by atoms with E-state index in [-0.39, 0.29) is 5.91 Å². The van der Waals surface area contributed by atoms with E-state index < -0.39 is 0 Å². The number of hydrogen-bond donors (Lipinski definition) is 1. The Bertz CT molecular complexity index is 734. The quantitative estimate of drug-likeness (QED) is 0.845. The van der Waals surface area contributed by atoms with Crippen molar-refractivity contribution in [3.05, 3.63) is 52.1 Å². The molecule has 4 nitrogen and oxygen atoms in total. The van der Waals surface area contributed by atoms with Gasteiger partial charge in [-0.05, 0) is 43.0 Å². The van der Waals surface area contributed by atoms with Crippen molar-refractivity contribution in [2.45, 2.75) is 19.8 Å². The number of nitrogens with one attached hydrogen (secondary N) is 1. The van der Waals surface area contributed by atoms with E-state index in [2.05, 4.69) is 22.1 Å². The van der Waals surface area contributed by atoms with Gasteiger partial charge in [0.1, 0.15) is 5.82 Å². The van der Waals surface area contributed by atoms with Crippen LogP contribution in [0.1, 0.15) is 30.1 Å². The summed E-state index contributed by atoms with van der Waals surface area (Å²) in [6.07, 6.45) is 4.04. The van der Waals surface area contributed by atoms with Crippen molar-refractivity contribution >= 4 is 40.6 Å². The van der Waals surface area contributed by atoms with Crippen molar-refractivity contribution in [3.63, 3.8) is 0 Å². The lowest BCUT2D eigenvalue weighted by atomic mass is 10.0. The average Bonchev–Trinajstić information content (AvgIpc) is 2.59. The summed E-state index contributed by atoms with van der Waals surface area (Å²) in [6, 6.07) is 8.81. The highest BCUT2D eigenvalue weighted by atomic mass is 35.5. The molecule has 0 saturated carbocycles. The molecule has 1 aromatic heterocycles. The number of carbonyl (C=O) groups excluding carboxylic acids is 1. The summed E-state index contributed by atoms with van der Waals surface area (Å²) in [5.41, 5.74) is 0.975. The molecule has 0 spiro atoms. The Morgan fingerprint density at radius 1 is 1.29 bits per heavy atom. The van der Waals surface area contributed by atoms with E-state index in [1.54, 1.807) is 30.5 Å². The molecule has 1 fully saturated rings. The third-order valence-corrected chi connectivity index (χ3v) is 5.01. The van der Waals surface area contributed by atoms with Crippen molar-refractivity contribution in [1.29, 1.82) is 0 Å². The molecule has 1 aliphatic heterocycles. The zero-order valence-corrected chi connectivity index (χ0v) is 14.9. The normalized spacial score (nSPS) is 17.6. The Kier molecular flexibility index (Phi) is 5.27. The molecule has 3 rings (SSSR count). The number of aromatic nitrogens is 1. The highest BCUT2D eigenvalue weighted by Gasteiger charge is 2.18. The van der Waals surface area contributed by atoms with Gasteiger partial charge in [-0.25, -0.2) is 4.98 Å². The lowest BCUT2D eigenvalue weighted by Crippen LogP contribution is -2.34. The predicted octanol–water partition coefficient (Wildman–Crippen LogP) is 4.88. The highest BCUT2D eigenvalue weighted by Crippen LogP contribution is 2.30. The van der Waals surface area contributed by atoms with Gasteiger partial charge in [-0.1, -0.05) is 36.2 Å². The Balaban J connectivity index is 1.71. The van der Waals surface area contributed by atoms with Gasteiger partial charge in [-0.15, -0.1) is 0 Å². The molecule has 1 saturated heterocycles. The Morgan fingerprint density at radius 3 is 2.83 bits per heavy atom. The molecule has 24 heavy (non-hydrogen) atoms. The molecule has 1 atom stereocenters. The Hall–Kier alpha value is -1.78. The first-order valence-electron chi connectivity index (χ1n) is 8.01. The zero-order valence-electron chi connectivity index (χ0n) is 13.4. The van der Waals surface area contributed by atoms with E-state index in [0.717, 1.165) is 18.9 Å². The Labute approximate surface area is 151 Å². The maximum atomic E-state index is 12.4. The minimum absolute atomic E-state index is 0.259. The van der Waals surface area contributed by atoms with Crippen LogP contribution in [0.15, 0.2) is 36.5 Å². The van der Waals surface area contributed by atoms with Gasteiger partial charge in [-0.2, -0.15) is 0 Å². The van der Waals surface area contributed by atoms with Gasteiger partial charge >= 0.3 is 0 Å². The molecule has 0 aliphatic carbocycles. The molecule has 1 N–H and O–H groups in total. The van der Waals surface area contributed by atoms with Gasteiger partial charge in [-0.3, -0.25) is 4.79 Å². The van der Waals surface area contributed by atoms with Crippen molar-refractivity contribution in [2.24, 2.45) is 5.92 Å². The van der Waals surface area contributed by atoms with Crippen molar-refractivity contribution in [2.75, 3.05) is 23.3 Å². The van der Waals surface area contributed by atoms with Crippen molar-refractivity contribution < 1.29 is 4.79 Å². The summed E-state index contributed by atoms with van der Waals surface area (Å²) < 4.78 is 0. The highest BCUT2D eigenvalue weighted by molar-refractivity contribution is 6.44. The summed E-state index contributed by atoms with van der Waals surface area (Å²) in [5, 5.41) is 3.50. The number of benzene rings is 1. The predicted molar refractivity (Wildman–Crippen MR) is 99.3 cm³/mol. The number of pyridine rings is 1. The maximum Gasteiger partial charge on any atom is 0.257 e. The number of amides is 1. The van der Waals surface area contributed by atoms with Crippen molar-refractivity contribution in [1.82, 2.24) is 4.98 Å². The summed E-state index contributed by atoms with van der Waals surface area (Å²) in [5.74, 6) is 1.33. The van der Waals surface area contributed by atoms with Crippen LogP contribution in [-0.4, -0.2) is 24.0 Å². The standard InChI is InChI=1S/C18H19Cl2N3O/c1-12-4-3-9-23(11-12)16-8-7-13(10-21-16)18(24)22-15-6-2-5-14(19)17(15)20/h2,5-8,10,12H,3-4,9,11H2,1H3,(H,22,24). The summed E-state index contributed by atoms with van der Waals surface area (Å²) in [7, 11) is 0. The van der Waals surface area contributed by atoms with E-state index in [1.807, 2.05) is 6.07 Å². The summed E-state index contributed by atoms with van der Waals surface area (Å²) >= 11 is 12.1. The van der Waals surface area contributed by atoms with Crippen molar-refractivity contribution in [3.8, 4) is 0 Å². The van der Waals surface area contributed by atoms with Crippen LogP contribution in [0, 0.1) is 5.92 Å². The molecular weight excluding hydrogens is 345 g/mol. The van der Waals surface area contributed by atoms with E-state index >= 15 is 0 Å². The van der Waals surface area contributed by atoms with Gasteiger partial charge in [0, 0.05) is 19.3 Å². The molecule has 1 aromatic carbocycles. The third kappa shape index (κ3) is 3.82. The lowest BCUT2D eigenvalue weighted by Gasteiger charge is -2.31. The third-order valence-electron chi connectivity index (χ3n) is 4.19. The molecule has 0 bridgehead atoms.